The highest BCUT2D eigenvalue weighted by Gasteiger charge is 2.26. The van der Waals surface area contributed by atoms with Gasteiger partial charge in [-0.25, -0.2) is 0 Å². The number of hydrogen-bond donors (Lipinski definition) is 0. The number of amides is 1. The molecule has 1 heterocycles. The average molecular weight is 272 g/mol. The minimum atomic E-state index is -0.0242. The van der Waals surface area contributed by atoms with Crippen molar-refractivity contribution in [2.45, 2.75) is 13.8 Å². The zero-order valence-electron chi connectivity index (χ0n) is 12.7. The first-order valence-corrected chi connectivity index (χ1v) is 7.39. The number of carbonyl (C=O) groups is 1. The van der Waals surface area contributed by atoms with Crippen molar-refractivity contribution >= 4 is 11.5 Å². The summed E-state index contributed by atoms with van der Waals surface area (Å²) >= 11 is 0. The van der Waals surface area contributed by atoms with Crippen LogP contribution in [0.5, 0.6) is 0 Å². The molecule has 0 aromatic heterocycles. The fourth-order valence-electron chi connectivity index (χ4n) is 2.80. The van der Waals surface area contributed by atoms with E-state index in [0.717, 1.165) is 26.2 Å². The zero-order valence-corrected chi connectivity index (χ0v) is 12.7. The molecule has 2 rings (SSSR count). The van der Waals surface area contributed by atoms with Crippen molar-refractivity contribution in [3.05, 3.63) is 42.0 Å². The number of likely N-dealkylation sites (N-methyl/N-ethyl adjacent to an activating group) is 1. The first kappa shape index (κ1) is 14.8. The second-order valence-corrected chi connectivity index (χ2v) is 5.37. The summed E-state index contributed by atoms with van der Waals surface area (Å²) in [4.78, 5) is 16.7. The van der Waals surface area contributed by atoms with Crippen molar-refractivity contribution in [3.63, 3.8) is 0 Å². The van der Waals surface area contributed by atoms with Crippen LogP contribution in [0.15, 0.2) is 36.4 Å². The van der Waals surface area contributed by atoms with Crippen LogP contribution in [0.2, 0.25) is 0 Å². The summed E-state index contributed by atoms with van der Waals surface area (Å²) in [5.74, 6) is 0.221. The summed E-state index contributed by atoms with van der Waals surface area (Å²) in [6.07, 6.45) is 2.16. The quantitative estimate of drug-likeness (QED) is 0.841. The molecule has 1 aromatic rings. The van der Waals surface area contributed by atoms with E-state index in [4.69, 9.17) is 0 Å². The normalized spacial score (nSPS) is 19.6. The monoisotopic (exact) mass is 272 g/mol. The third-order valence-corrected chi connectivity index (χ3v) is 3.89. The molecule has 1 aliphatic heterocycles. The van der Waals surface area contributed by atoms with Gasteiger partial charge in [0.1, 0.15) is 0 Å². The maximum absolute atomic E-state index is 12.5. The Bertz CT molecular complexity index is 477. The largest absolute Gasteiger partial charge is 0.343 e. The smallest absolute Gasteiger partial charge is 0.230 e. The Balaban J connectivity index is 2.24. The Kier molecular flexibility index (Phi) is 4.96. The Morgan fingerprint density at radius 2 is 1.90 bits per heavy atom. The molecular formula is C17H24N2O. The lowest BCUT2D eigenvalue weighted by molar-refractivity contribution is -0.134. The molecule has 0 fully saturated rings. The van der Waals surface area contributed by atoms with Gasteiger partial charge in [0.25, 0.3) is 0 Å². The van der Waals surface area contributed by atoms with Gasteiger partial charge in [-0.2, -0.15) is 0 Å². The average Bonchev–Trinajstić information content (AvgIpc) is 2.48. The van der Waals surface area contributed by atoms with E-state index >= 15 is 0 Å². The van der Waals surface area contributed by atoms with E-state index in [-0.39, 0.29) is 11.8 Å². The van der Waals surface area contributed by atoms with Crippen molar-refractivity contribution in [1.82, 2.24) is 9.80 Å². The van der Waals surface area contributed by atoms with E-state index in [1.807, 2.05) is 36.9 Å². The molecule has 0 saturated carbocycles. The summed E-state index contributed by atoms with van der Waals surface area (Å²) < 4.78 is 0. The van der Waals surface area contributed by atoms with Gasteiger partial charge in [0.15, 0.2) is 0 Å². The Labute approximate surface area is 121 Å². The van der Waals surface area contributed by atoms with Crippen LogP contribution in [0.4, 0.5) is 0 Å². The molecule has 1 atom stereocenters. The summed E-state index contributed by atoms with van der Waals surface area (Å²) in [6, 6.07) is 10.3. The minimum Gasteiger partial charge on any atom is -0.343 e. The molecule has 108 valence electrons. The van der Waals surface area contributed by atoms with E-state index < -0.39 is 0 Å². The van der Waals surface area contributed by atoms with E-state index in [0.29, 0.717) is 0 Å². The Morgan fingerprint density at radius 1 is 1.25 bits per heavy atom. The molecule has 0 N–H and O–H groups in total. The second-order valence-electron chi connectivity index (χ2n) is 5.37. The zero-order chi connectivity index (χ0) is 14.5. The predicted octanol–water partition coefficient (Wildman–Crippen LogP) is 2.50. The fourth-order valence-corrected chi connectivity index (χ4v) is 2.80. The summed E-state index contributed by atoms with van der Waals surface area (Å²) in [5, 5.41) is 0. The van der Waals surface area contributed by atoms with Gasteiger partial charge in [-0.3, -0.25) is 4.79 Å². The Hall–Kier alpha value is -1.61. The number of carbonyl (C=O) groups excluding carboxylic acids is 1. The van der Waals surface area contributed by atoms with Gasteiger partial charge < -0.3 is 9.80 Å². The summed E-state index contributed by atoms with van der Waals surface area (Å²) in [5.41, 5.74) is 2.47. The SMILES string of the molecule is CCN(CC)C(=O)C1C=C(c2ccccc2)CN(C)C1. The number of nitrogens with zero attached hydrogens (tertiary/aromatic N) is 2. The standard InChI is InChI=1S/C17H24N2O/c1-4-19(5-2)17(20)16-11-15(12-18(3)13-16)14-9-7-6-8-10-14/h6-11,16H,4-5,12-13H2,1-3H3. The van der Waals surface area contributed by atoms with E-state index in [2.05, 4.69) is 30.2 Å². The molecule has 0 bridgehead atoms. The van der Waals surface area contributed by atoms with E-state index in [1.165, 1.54) is 11.1 Å². The second kappa shape index (κ2) is 6.71. The van der Waals surface area contributed by atoms with Gasteiger partial charge in [0, 0.05) is 26.2 Å². The van der Waals surface area contributed by atoms with Gasteiger partial charge >= 0.3 is 0 Å². The van der Waals surface area contributed by atoms with E-state index in [1.54, 1.807) is 0 Å². The highest BCUT2D eigenvalue weighted by atomic mass is 16.2. The molecule has 1 unspecified atom stereocenters. The van der Waals surface area contributed by atoms with Gasteiger partial charge in [0.2, 0.25) is 5.91 Å². The van der Waals surface area contributed by atoms with Crippen molar-refractivity contribution in [1.29, 1.82) is 0 Å². The van der Waals surface area contributed by atoms with E-state index in [9.17, 15) is 4.79 Å². The number of rotatable bonds is 4. The van der Waals surface area contributed by atoms with Gasteiger partial charge in [-0.15, -0.1) is 0 Å². The number of benzene rings is 1. The molecule has 0 saturated heterocycles. The summed E-state index contributed by atoms with van der Waals surface area (Å²) in [6.45, 7) is 7.36. The first-order chi connectivity index (χ1) is 9.65. The van der Waals surface area contributed by atoms with Crippen LogP contribution in [-0.2, 0) is 4.79 Å². The third kappa shape index (κ3) is 3.28. The molecule has 0 spiro atoms. The molecule has 0 aliphatic carbocycles. The predicted molar refractivity (Wildman–Crippen MR) is 83.3 cm³/mol. The van der Waals surface area contributed by atoms with Crippen molar-refractivity contribution in [2.24, 2.45) is 5.92 Å². The highest BCUT2D eigenvalue weighted by molar-refractivity contribution is 5.84. The van der Waals surface area contributed by atoms with Crippen LogP contribution < -0.4 is 0 Å². The van der Waals surface area contributed by atoms with Crippen LogP contribution in [0.3, 0.4) is 0 Å². The molecule has 0 radical (unpaired) electrons. The molecule has 1 amide bonds. The lowest BCUT2D eigenvalue weighted by Gasteiger charge is -2.31. The van der Waals surface area contributed by atoms with Gasteiger partial charge in [-0.05, 0) is 32.0 Å². The number of hydrogen-bond acceptors (Lipinski definition) is 2. The van der Waals surface area contributed by atoms with Gasteiger partial charge in [-0.1, -0.05) is 36.4 Å². The Morgan fingerprint density at radius 3 is 2.50 bits per heavy atom. The lowest BCUT2D eigenvalue weighted by atomic mass is 9.94. The molecule has 20 heavy (non-hydrogen) atoms. The topological polar surface area (TPSA) is 23.6 Å². The highest BCUT2D eigenvalue weighted by Crippen LogP contribution is 2.24. The first-order valence-electron chi connectivity index (χ1n) is 7.39. The van der Waals surface area contributed by atoms with Crippen LogP contribution in [0, 0.1) is 5.92 Å². The third-order valence-electron chi connectivity index (χ3n) is 3.89. The maximum Gasteiger partial charge on any atom is 0.230 e. The molecule has 3 heteroatoms. The van der Waals surface area contributed by atoms with Crippen molar-refractivity contribution in [2.75, 3.05) is 33.2 Å². The van der Waals surface area contributed by atoms with Gasteiger partial charge in [0.05, 0.1) is 5.92 Å². The lowest BCUT2D eigenvalue weighted by Crippen LogP contribution is -2.42. The minimum absolute atomic E-state index is 0.0242. The van der Waals surface area contributed by atoms with Crippen LogP contribution in [0.25, 0.3) is 5.57 Å². The van der Waals surface area contributed by atoms with Crippen LogP contribution in [0.1, 0.15) is 19.4 Å². The molecule has 3 nitrogen and oxygen atoms in total. The molecule has 1 aromatic carbocycles. The fraction of sp³-hybridized carbons (Fsp3) is 0.471. The van der Waals surface area contributed by atoms with Crippen LogP contribution >= 0.6 is 0 Å². The van der Waals surface area contributed by atoms with Crippen molar-refractivity contribution in [3.8, 4) is 0 Å². The molecule has 1 aliphatic rings. The van der Waals surface area contributed by atoms with Crippen molar-refractivity contribution < 1.29 is 4.79 Å². The van der Waals surface area contributed by atoms with Crippen LogP contribution in [-0.4, -0.2) is 48.9 Å². The maximum atomic E-state index is 12.5. The molecular weight excluding hydrogens is 248 g/mol. The summed E-state index contributed by atoms with van der Waals surface area (Å²) in [7, 11) is 2.08.